The maximum absolute atomic E-state index is 12.1. The molecule has 0 saturated carbocycles. The van der Waals surface area contributed by atoms with Crippen LogP contribution in [0, 0.1) is 5.92 Å². The van der Waals surface area contributed by atoms with Crippen LogP contribution in [0.1, 0.15) is 23.2 Å². The van der Waals surface area contributed by atoms with Crippen LogP contribution in [0.25, 0.3) is 0 Å². The SMILES string of the molecule is O=C(O)c1c(Cl)ccc(Cl)c1NC(=O)C1CCCOC1. The van der Waals surface area contributed by atoms with Gasteiger partial charge >= 0.3 is 5.97 Å². The number of carbonyl (C=O) groups excluding carboxylic acids is 1. The molecule has 1 amide bonds. The Morgan fingerprint density at radius 3 is 2.60 bits per heavy atom. The van der Waals surface area contributed by atoms with Crippen molar-refractivity contribution in [2.24, 2.45) is 5.92 Å². The molecule has 7 heteroatoms. The van der Waals surface area contributed by atoms with Crippen molar-refractivity contribution in [3.63, 3.8) is 0 Å². The number of carboxylic acid groups (broad SMARTS) is 1. The van der Waals surface area contributed by atoms with Crippen LogP contribution in [-0.2, 0) is 9.53 Å². The van der Waals surface area contributed by atoms with Crippen LogP contribution >= 0.6 is 23.2 Å². The molecule has 1 saturated heterocycles. The van der Waals surface area contributed by atoms with Gasteiger partial charge < -0.3 is 15.2 Å². The Morgan fingerprint density at radius 2 is 2.00 bits per heavy atom. The minimum atomic E-state index is -1.24. The molecule has 0 radical (unpaired) electrons. The van der Waals surface area contributed by atoms with E-state index < -0.39 is 5.97 Å². The second kappa shape index (κ2) is 6.43. The predicted octanol–water partition coefficient (Wildman–Crippen LogP) is 3.06. The van der Waals surface area contributed by atoms with Crippen LogP contribution in [0.2, 0.25) is 10.0 Å². The zero-order valence-electron chi connectivity index (χ0n) is 10.5. The fourth-order valence-electron chi connectivity index (χ4n) is 2.06. The molecule has 2 N–H and O–H groups in total. The summed E-state index contributed by atoms with van der Waals surface area (Å²) in [6.45, 7) is 0.967. The molecule has 1 fully saturated rings. The summed E-state index contributed by atoms with van der Waals surface area (Å²) in [5, 5.41) is 11.9. The lowest BCUT2D eigenvalue weighted by Crippen LogP contribution is -2.30. The maximum Gasteiger partial charge on any atom is 0.339 e. The van der Waals surface area contributed by atoms with Crippen LogP contribution in [0.15, 0.2) is 12.1 Å². The number of anilines is 1. The van der Waals surface area contributed by atoms with Crippen LogP contribution in [0.5, 0.6) is 0 Å². The van der Waals surface area contributed by atoms with Crippen molar-refractivity contribution in [3.05, 3.63) is 27.7 Å². The van der Waals surface area contributed by atoms with Gasteiger partial charge in [0.1, 0.15) is 5.56 Å². The number of carbonyl (C=O) groups is 2. The van der Waals surface area contributed by atoms with Gasteiger partial charge in [0.05, 0.1) is 28.3 Å². The molecule has 5 nitrogen and oxygen atoms in total. The molecule has 0 aromatic heterocycles. The molecular weight excluding hydrogens is 305 g/mol. The van der Waals surface area contributed by atoms with Gasteiger partial charge in [0.25, 0.3) is 0 Å². The smallest absolute Gasteiger partial charge is 0.339 e. The van der Waals surface area contributed by atoms with Gasteiger partial charge in [-0.15, -0.1) is 0 Å². The van der Waals surface area contributed by atoms with E-state index in [4.69, 9.17) is 27.9 Å². The summed E-state index contributed by atoms with van der Waals surface area (Å²) >= 11 is 11.8. The van der Waals surface area contributed by atoms with Crippen LogP contribution < -0.4 is 5.32 Å². The summed E-state index contributed by atoms with van der Waals surface area (Å²) in [4.78, 5) is 23.4. The second-order valence-corrected chi connectivity index (χ2v) is 5.30. The van der Waals surface area contributed by atoms with Gasteiger partial charge in [0, 0.05) is 6.61 Å². The Balaban J connectivity index is 2.26. The van der Waals surface area contributed by atoms with Gasteiger partial charge in [-0.05, 0) is 25.0 Å². The van der Waals surface area contributed by atoms with Crippen LogP contribution in [0.4, 0.5) is 5.69 Å². The van der Waals surface area contributed by atoms with E-state index in [1.165, 1.54) is 12.1 Å². The lowest BCUT2D eigenvalue weighted by atomic mass is 10.0. The van der Waals surface area contributed by atoms with E-state index >= 15 is 0 Å². The third kappa shape index (κ3) is 3.23. The van der Waals surface area contributed by atoms with E-state index in [0.717, 1.165) is 6.42 Å². The molecule has 2 rings (SSSR count). The minimum absolute atomic E-state index is 0.0251. The Bertz CT molecular complexity index is 541. The molecule has 1 aliphatic heterocycles. The largest absolute Gasteiger partial charge is 0.478 e. The van der Waals surface area contributed by atoms with Crippen molar-refractivity contribution in [2.45, 2.75) is 12.8 Å². The Labute approximate surface area is 125 Å². The fraction of sp³-hybridized carbons (Fsp3) is 0.385. The first-order valence-corrected chi connectivity index (χ1v) is 6.86. The number of halogens is 2. The molecule has 0 bridgehead atoms. The number of ether oxygens (including phenoxy) is 1. The van der Waals surface area contributed by atoms with E-state index in [1.54, 1.807) is 0 Å². The quantitative estimate of drug-likeness (QED) is 0.898. The predicted molar refractivity (Wildman–Crippen MR) is 75.6 cm³/mol. The molecule has 108 valence electrons. The molecule has 1 aromatic rings. The highest BCUT2D eigenvalue weighted by molar-refractivity contribution is 6.38. The highest BCUT2D eigenvalue weighted by atomic mass is 35.5. The van der Waals surface area contributed by atoms with E-state index in [2.05, 4.69) is 5.32 Å². The molecule has 1 aromatic carbocycles. The first-order valence-electron chi connectivity index (χ1n) is 6.10. The van der Waals surface area contributed by atoms with Crippen molar-refractivity contribution >= 4 is 40.8 Å². The standard InChI is InChI=1S/C13H13Cl2NO4/c14-8-3-4-9(15)11(10(8)13(18)19)16-12(17)7-2-1-5-20-6-7/h3-4,7H,1-2,5-6H2,(H,16,17)(H,18,19). The summed E-state index contributed by atoms with van der Waals surface area (Å²) < 4.78 is 5.24. The third-order valence-corrected chi connectivity index (χ3v) is 3.73. The van der Waals surface area contributed by atoms with Crippen LogP contribution in [-0.4, -0.2) is 30.2 Å². The Morgan fingerprint density at radius 1 is 1.30 bits per heavy atom. The minimum Gasteiger partial charge on any atom is -0.478 e. The molecule has 1 unspecified atom stereocenters. The van der Waals surface area contributed by atoms with Crippen molar-refractivity contribution in [3.8, 4) is 0 Å². The van der Waals surface area contributed by atoms with Crippen molar-refractivity contribution in [1.82, 2.24) is 0 Å². The van der Waals surface area contributed by atoms with Gasteiger partial charge in [0.15, 0.2) is 0 Å². The van der Waals surface area contributed by atoms with Gasteiger partial charge in [0.2, 0.25) is 5.91 Å². The number of amides is 1. The number of aromatic carboxylic acids is 1. The molecular formula is C13H13Cl2NO4. The van der Waals surface area contributed by atoms with E-state index in [0.29, 0.717) is 19.6 Å². The molecule has 1 heterocycles. The summed E-state index contributed by atoms with van der Waals surface area (Å²) in [6.07, 6.45) is 1.50. The van der Waals surface area contributed by atoms with Crippen molar-refractivity contribution in [1.29, 1.82) is 0 Å². The number of benzene rings is 1. The number of carboxylic acids is 1. The van der Waals surface area contributed by atoms with Crippen molar-refractivity contribution < 1.29 is 19.4 Å². The van der Waals surface area contributed by atoms with Gasteiger partial charge in [-0.1, -0.05) is 23.2 Å². The number of hydrogen-bond donors (Lipinski definition) is 2. The third-order valence-electron chi connectivity index (χ3n) is 3.10. The number of nitrogens with one attached hydrogen (secondary N) is 1. The lowest BCUT2D eigenvalue weighted by molar-refractivity contribution is -0.123. The van der Waals surface area contributed by atoms with E-state index in [9.17, 15) is 14.7 Å². The molecule has 1 aliphatic rings. The van der Waals surface area contributed by atoms with Gasteiger partial charge in [-0.3, -0.25) is 4.79 Å². The average molecular weight is 318 g/mol. The first kappa shape index (κ1) is 15.1. The summed E-state index contributed by atoms with van der Waals surface area (Å²) in [7, 11) is 0. The zero-order valence-corrected chi connectivity index (χ0v) is 12.0. The zero-order chi connectivity index (χ0) is 14.7. The summed E-state index contributed by atoms with van der Waals surface area (Å²) in [5.74, 6) is -1.86. The molecule has 0 spiro atoms. The van der Waals surface area contributed by atoms with Crippen LogP contribution in [0.3, 0.4) is 0 Å². The van der Waals surface area contributed by atoms with Crippen molar-refractivity contribution in [2.75, 3.05) is 18.5 Å². The van der Waals surface area contributed by atoms with E-state index in [1.807, 2.05) is 0 Å². The lowest BCUT2D eigenvalue weighted by Gasteiger charge is -2.22. The highest BCUT2D eigenvalue weighted by Crippen LogP contribution is 2.32. The van der Waals surface area contributed by atoms with E-state index in [-0.39, 0.29) is 33.1 Å². The average Bonchev–Trinajstić information content (AvgIpc) is 2.43. The summed E-state index contributed by atoms with van der Waals surface area (Å²) in [6, 6.07) is 2.83. The Kier molecular flexibility index (Phi) is 4.86. The fourth-order valence-corrected chi connectivity index (χ4v) is 2.50. The number of hydrogen-bond acceptors (Lipinski definition) is 3. The first-order chi connectivity index (χ1) is 9.50. The summed E-state index contributed by atoms with van der Waals surface area (Å²) in [5.41, 5.74) is -0.175. The van der Waals surface area contributed by atoms with Gasteiger partial charge in [-0.2, -0.15) is 0 Å². The highest BCUT2D eigenvalue weighted by Gasteiger charge is 2.25. The monoisotopic (exact) mass is 317 g/mol. The topological polar surface area (TPSA) is 75.6 Å². The molecule has 20 heavy (non-hydrogen) atoms. The Hall–Kier alpha value is -1.30. The van der Waals surface area contributed by atoms with Gasteiger partial charge in [-0.25, -0.2) is 4.79 Å². The molecule has 0 aliphatic carbocycles. The maximum atomic E-state index is 12.1. The number of rotatable bonds is 3. The molecule has 1 atom stereocenters. The second-order valence-electron chi connectivity index (χ2n) is 4.49. The normalized spacial score (nSPS) is 18.6.